The van der Waals surface area contributed by atoms with Gasteiger partial charge in [-0.25, -0.2) is 0 Å². The maximum absolute atomic E-state index is 12.6. The molecule has 1 aliphatic rings. The highest BCUT2D eigenvalue weighted by Crippen LogP contribution is 2.14. The summed E-state index contributed by atoms with van der Waals surface area (Å²) in [6, 6.07) is 7.80. The van der Waals surface area contributed by atoms with Crippen molar-refractivity contribution in [2.24, 2.45) is 0 Å². The van der Waals surface area contributed by atoms with Gasteiger partial charge < -0.3 is 20.3 Å². The number of thiocarbonyl (C=S) groups is 1. The van der Waals surface area contributed by atoms with Crippen molar-refractivity contribution >= 4 is 23.2 Å². The highest BCUT2D eigenvalue weighted by molar-refractivity contribution is 7.80. The van der Waals surface area contributed by atoms with Gasteiger partial charge >= 0.3 is 0 Å². The molecule has 1 heterocycles. The van der Waals surface area contributed by atoms with Gasteiger partial charge in [0.2, 0.25) is 0 Å². The van der Waals surface area contributed by atoms with E-state index in [1.54, 1.807) is 0 Å². The molecule has 0 bridgehead atoms. The summed E-state index contributed by atoms with van der Waals surface area (Å²) in [4.78, 5) is 14.5. The molecule has 5 nitrogen and oxygen atoms in total. The van der Waals surface area contributed by atoms with Crippen LogP contribution in [0.2, 0.25) is 0 Å². The topological polar surface area (TPSA) is 53.6 Å². The van der Waals surface area contributed by atoms with Crippen LogP contribution in [0.3, 0.4) is 0 Å². The van der Waals surface area contributed by atoms with Crippen LogP contribution in [0.15, 0.2) is 24.3 Å². The third-order valence-corrected chi connectivity index (χ3v) is 4.51. The Balaban J connectivity index is 1.76. The summed E-state index contributed by atoms with van der Waals surface area (Å²) < 4.78 is 5.29. The molecule has 1 aliphatic heterocycles. The molecule has 0 unspecified atom stereocenters. The Bertz CT molecular complexity index is 559. The largest absolute Gasteiger partial charge is 0.382 e. The lowest BCUT2D eigenvalue weighted by Crippen LogP contribution is -2.36. The number of nitrogens with zero attached hydrogens (tertiary/aromatic N) is 1. The summed E-state index contributed by atoms with van der Waals surface area (Å²) in [5.41, 5.74) is 1.82. The second-order valence-electron chi connectivity index (χ2n) is 6.21. The number of carbonyl (C=O) groups is 1. The van der Waals surface area contributed by atoms with E-state index in [2.05, 4.69) is 10.6 Å². The molecule has 0 radical (unpaired) electrons. The summed E-state index contributed by atoms with van der Waals surface area (Å²) in [7, 11) is 0. The van der Waals surface area contributed by atoms with E-state index in [0.717, 1.165) is 63.2 Å². The molecule has 0 aromatic heterocycles. The molecule has 1 aromatic rings. The van der Waals surface area contributed by atoms with E-state index in [1.165, 1.54) is 6.42 Å². The number of rotatable bonds is 8. The number of likely N-dealkylation sites (tertiary alicyclic amines) is 1. The summed E-state index contributed by atoms with van der Waals surface area (Å²) in [5.74, 6) is 0.137. The van der Waals surface area contributed by atoms with Crippen molar-refractivity contribution in [2.45, 2.75) is 39.2 Å². The Morgan fingerprint density at radius 3 is 2.80 bits per heavy atom. The number of piperidine rings is 1. The highest BCUT2D eigenvalue weighted by Gasteiger charge is 2.18. The first kappa shape index (κ1) is 19.7. The van der Waals surface area contributed by atoms with Gasteiger partial charge in [0.15, 0.2) is 5.11 Å². The highest BCUT2D eigenvalue weighted by atomic mass is 32.1. The molecule has 2 N–H and O–H groups in total. The number of ether oxygens (including phenoxy) is 1. The van der Waals surface area contributed by atoms with Crippen molar-refractivity contribution < 1.29 is 9.53 Å². The fourth-order valence-corrected chi connectivity index (χ4v) is 3.03. The van der Waals surface area contributed by atoms with Crippen LogP contribution in [0.1, 0.15) is 48.5 Å². The van der Waals surface area contributed by atoms with Gasteiger partial charge in [0, 0.05) is 45.0 Å². The summed E-state index contributed by atoms with van der Waals surface area (Å²) in [5, 5.41) is 6.99. The molecular weight excluding hydrogens is 334 g/mol. The Morgan fingerprint density at radius 2 is 2.04 bits per heavy atom. The smallest absolute Gasteiger partial charge is 0.253 e. The van der Waals surface area contributed by atoms with E-state index >= 15 is 0 Å². The number of hydrogen-bond donors (Lipinski definition) is 2. The number of hydrogen-bond acceptors (Lipinski definition) is 3. The van der Waals surface area contributed by atoms with Crippen molar-refractivity contribution in [1.29, 1.82) is 0 Å². The lowest BCUT2D eigenvalue weighted by Gasteiger charge is -2.26. The zero-order valence-electron chi connectivity index (χ0n) is 15.1. The Morgan fingerprint density at radius 1 is 1.24 bits per heavy atom. The Hall–Kier alpha value is -1.66. The number of benzene rings is 1. The normalized spacial score (nSPS) is 14.2. The lowest BCUT2D eigenvalue weighted by molar-refractivity contribution is 0.0724. The average molecular weight is 364 g/mol. The third-order valence-electron chi connectivity index (χ3n) is 4.23. The van der Waals surface area contributed by atoms with Crippen molar-refractivity contribution in [1.82, 2.24) is 15.5 Å². The van der Waals surface area contributed by atoms with Crippen molar-refractivity contribution in [3.05, 3.63) is 35.4 Å². The van der Waals surface area contributed by atoms with Crippen LogP contribution >= 0.6 is 12.2 Å². The van der Waals surface area contributed by atoms with Gasteiger partial charge in [0.25, 0.3) is 5.91 Å². The monoisotopic (exact) mass is 363 g/mol. The van der Waals surface area contributed by atoms with Crippen LogP contribution in [-0.2, 0) is 11.3 Å². The summed E-state index contributed by atoms with van der Waals surface area (Å²) in [6.45, 7) is 6.62. The van der Waals surface area contributed by atoms with Crippen LogP contribution in [0, 0.1) is 0 Å². The molecule has 1 saturated heterocycles. The van der Waals surface area contributed by atoms with Gasteiger partial charge in [-0.15, -0.1) is 0 Å². The first-order chi connectivity index (χ1) is 12.2. The fraction of sp³-hybridized carbons (Fsp3) is 0.579. The van der Waals surface area contributed by atoms with E-state index in [-0.39, 0.29) is 5.91 Å². The maximum atomic E-state index is 12.6. The molecule has 1 aromatic carbocycles. The van der Waals surface area contributed by atoms with E-state index in [0.29, 0.717) is 11.7 Å². The number of amides is 1. The quantitative estimate of drug-likeness (QED) is 0.549. The molecule has 0 saturated carbocycles. The van der Waals surface area contributed by atoms with Gasteiger partial charge in [-0.3, -0.25) is 4.79 Å². The minimum absolute atomic E-state index is 0.137. The van der Waals surface area contributed by atoms with Crippen LogP contribution in [0.4, 0.5) is 0 Å². The first-order valence-corrected chi connectivity index (χ1v) is 9.59. The minimum atomic E-state index is 0.137. The van der Waals surface area contributed by atoms with Gasteiger partial charge in [0.1, 0.15) is 0 Å². The molecule has 6 heteroatoms. The third kappa shape index (κ3) is 7.00. The van der Waals surface area contributed by atoms with E-state index in [9.17, 15) is 4.79 Å². The van der Waals surface area contributed by atoms with Gasteiger partial charge in [0.05, 0.1) is 0 Å². The van der Waals surface area contributed by atoms with E-state index in [1.807, 2.05) is 36.1 Å². The average Bonchev–Trinajstić information content (AvgIpc) is 2.66. The van der Waals surface area contributed by atoms with Crippen molar-refractivity contribution in [3.63, 3.8) is 0 Å². The summed E-state index contributed by atoms with van der Waals surface area (Å²) >= 11 is 5.28. The van der Waals surface area contributed by atoms with Crippen LogP contribution in [0.5, 0.6) is 0 Å². The van der Waals surface area contributed by atoms with E-state index < -0.39 is 0 Å². The minimum Gasteiger partial charge on any atom is -0.382 e. The van der Waals surface area contributed by atoms with Crippen LogP contribution in [-0.4, -0.2) is 48.8 Å². The van der Waals surface area contributed by atoms with E-state index in [4.69, 9.17) is 17.0 Å². The molecule has 0 atom stereocenters. The lowest BCUT2D eigenvalue weighted by atomic mass is 10.1. The zero-order chi connectivity index (χ0) is 17.9. The second kappa shape index (κ2) is 11.1. The number of carbonyl (C=O) groups excluding carboxylic acids is 1. The fourth-order valence-electron chi connectivity index (χ4n) is 2.86. The number of nitrogens with one attached hydrogen (secondary N) is 2. The first-order valence-electron chi connectivity index (χ1n) is 9.18. The predicted octanol–water partition coefficient (Wildman–Crippen LogP) is 2.70. The predicted molar refractivity (Wildman–Crippen MR) is 105 cm³/mol. The molecule has 1 fully saturated rings. The second-order valence-corrected chi connectivity index (χ2v) is 6.62. The van der Waals surface area contributed by atoms with Gasteiger partial charge in [-0.2, -0.15) is 0 Å². The standard InChI is InChI=1S/C19H29N3O2S/c1-2-24-13-7-10-20-19(25)21-15-16-8-6-9-17(14-16)18(23)22-11-4-3-5-12-22/h6,8-9,14H,2-5,7,10-13,15H2,1H3,(H2,20,21,25). The van der Waals surface area contributed by atoms with Crippen LogP contribution < -0.4 is 10.6 Å². The van der Waals surface area contributed by atoms with Gasteiger partial charge in [-0.05, 0) is 62.5 Å². The molecule has 0 spiro atoms. The van der Waals surface area contributed by atoms with Crippen LogP contribution in [0.25, 0.3) is 0 Å². The molecule has 25 heavy (non-hydrogen) atoms. The van der Waals surface area contributed by atoms with Crippen molar-refractivity contribution in [2.75, 3.05) is 32.8 Å². The maximum Gasteiger partial charge on any atom is 0.253 e. The summed E-state index contributed by atoms with van der Waals surface area (Å²) in [6.07, 6.45) is 4.37. The SMILES string of the molecule is CCOCCCNC(=S)NCc1cccc(C(=O)N2CCCCC2)c1. The van der Waals surface area contributed by atoms with Crippen molar-refractivity contribution in [3.8, 4) is 0 Å². The molecule has 138 valence electrons. The molecule has 0 aliphatic carbocycles. The zero-order valence-corrected chi connectivity index (χ0v) is 15.9. The Kier molecular flexibility index (Phi) is 8.69. The Labute approximate surface area is 156 Å². The molecule has 2 rings (SSSR count). The van der Waals surface area contributed by atoms with Gasteiger partial charge in [-0.1, -0.05) is 12.1 Å². The molecule has 1 amide bonds. The molecular formula is C19H29N3O2S.